The van der Waals surface area contributed by atoms with Crippen LogP contribution in [0, 0.1) is 0 Å². The van der Waals surface area contributed by atoms with Gasteiger partial charge in [-0.05, 0) is 96.7 Å². The second kappa shape index (κ2) is 8.61. The molecule has 0 saturated carbocycles. The molecular formula is C44H30O. The second-order valence-corrected chi connectivity index (χ2v) is 13.3. The molecule has 0 aromatic heterocycles. The van der Waals surface area contributed by atoms with Crippen LogP contribution < -0.4 is 4.74 Å². The highest BCUT2D eigenvalue weighted by Gasteiger charge is 2.51. The lowest BCUT2D eigenvalue weighted by Gasteiger charge is -2.34. The number of para-hydroxylation sites is 1. The van der Waals surface area contributed by atoms with Gasteiger partial charge in [0.15, 0.2) is 0 Å². The summed E-state index contributed by atoms with van der Waals surface area (Å²) in [6, 6.07) is 54.0. The van der Waals surface area contributed by atoms with Crippen LogP contribution in [0.4, 0.5) is 0 Å². The lowest BCUT2D eigenvalue weighted by molar-refractivity contribution is 0.418. The van der Waals surface area contributed by atoms with Crippen LogP contribution in [0.5, 0.6) is 11.5 Å². The van der Waals surface area contributed by atoms with E-state index < -0.39 is 0 Å². The van der Waals surface area contributed by atoms with Gasteiger partial charge >= 0.3 is 0 Å². The summed E-state index contributed by atoms with van der Waals surface area (Å²) in [5.74, 6) is 1.89. The molecule has 0 saturated heterocycles. The number of hydrogen-bond donors (Lipinski definition) is 0. The highest BCUT2D eigenvalue weighted by molar-refractivity contribution is 6.00. The van der Waals surface area contributed by atoms with E-state index in [1.165, 1.54) is 77.5 Å². The lowest BCUT2D eigenvalue weighted by Crippen LogP contribution is -2.25. The molecule has 1 heterocycles. The molecule has 1 aliphatic heterocycles. The van der Waals surface area contributed by atoms with Crippen molar-refractivity contribution in [2.24, 2.45) is 0 Å². The monoisotopic (exact) mass is 574 g/mol. The van der Waals surface area contributed by atoms with Crippen LogP contribution in [0.1, 0.15) is 47.2 Å². The minimum Gasteiger partial charge on any atom is -0.457 e. The van der Waals surface area contributed by atoms with Crippen molar-refractivity contribution in [1.82, 2.24) is 0 Å². The van der Waals surface area contributed by atoms with Gasteiger partial charge in [-0.25, -0.2) is 0 Å². The number of ether oxygens (including phenoxy) is 1. The number of rotatable bonds is 1. The van der Waals surface area contributed by atoms with Gasteiger partial charge in [-0.3, -0.25) is 0 Å². The average Bonchev–Trinajstić information content (AvgIpc) is 3.53. The predicted molar refractivity (Wildman–Crippen MR) is 184 cm³/mol. The summed E-state index contributed by atoms with van der Waals surface area (Å²) in [7, 11) is 0. The highest BCUT2D eigenvalue weighted by atomic mass is 16.5. The van der Waals surface area contributed by atoms with E-state index in [1.54, 1.807) is 0 Å². The van der Waals surface area contributed by atoms with Gasteiger partial charge < -0.3 is 4.74 Å². The zero-order valence-electron chi connectivity index (χ0n) is 25.3. The summed E-state index contributed by atoms with van der Waals surface area (Å²) in [5.41, 5.74) is 15.1. The zero-order valence-corrected chi connectivity index (χ0v) is 25.3. The Bertz CT molecular complexity index is 2390. The molecule has 212 valence electrons. The second-order valence-electron chi connectivity index (χ2n) is 13.3. The van der Waals surface area contributed by atoms with Crippen molar-refractivity contribution in [3.63, 3.8) is 0 Å². The van der Waals surface area contributed by atoms with Crippen molar-refractivity contribution in [2.45, 2.75) is 24.7 Å². The molecule has 2 aliphatic carbocycles. The largest absolute Gasteiger partial charge is 0.457 e. The highest BCUT2D eigenvalue weighted by Crippen LogP contribution is 2.63. The first-order valence-electron chi connectivity index (χ1n) is 15.8. The number of fused-ring (bicyclic) bond motifs is 13. The Balaban J connectivity index is 1.20. The molecule has 0 bridgehead atoms. The van der Waals surface area contributed by atoms with Crippen LogP contribution in [0.25, 0.3) is 44.2 Å². The first-order valence-corrected chi connectivity index (χ1v) is 15.8. The van der Waals surface area contributed by atoms with Crippen LogP contribution in [0.3, 0.4) is 0 Å². The molecular weight excluding hydrogens is 544 g/mol. The van der Waals surface area contributed by atoms with Crippen LogP contribution in [-0.2, 0) is 10.8 Å². The fourth-order valence-corrected chi connectivity index (χ4v) is 8.65. The SMILES string of the molecule is CC1(C)c2ccccc2Oc2cc(-c3ccc4c(c3)-c3ccccc3C43c4ccccc4-c4cc5ccccc5cc43)ccc21. The Labute approximate surface area is 263 Å². The van der Waals surface area contributed by atoms with E-state index in [2.05, 4.69) is 159 Å². The number of benzene rings is 7. The van der Waals surface area contributed by atoms with Gasteiger partial charge in [0.25, 0.3) is 0 Å². The van der Waals surface area contributed by atoms with Gasteiger partial charge in [-0.1, -0.05) is 129 Å². The smallest absolute Gasteiger partial charge is 0.132 e. The van der Waals surface area contributed by atoms with Gasteiger partial charge in [0, 0.05) is 16.5 Å². The van der Waals surface area contributed by atoms with Gasteiger partial charge in [0.1, 0.15) is 11.5 Å². The Hall–Kier alpha value is -5.40. The topological polar surface area (TPSA) is 9.23 Å². The molecule has 0 fully saturated rings. The molecule has 10 rings (SSSR count). The van der Waals surface area contributed by atoms with E-state index in [0.29, 0.717) is 0 Å². The third-order valence-corrected chi connectivity index (χ3v) is 10.7. The molecule has 1 unspecified atom stereocenters. The van der Waals surface area contributed by atoms with E-state index in [-0.39, 0.29) is 10.8 Å². The third-order valence-electron chi connectivity index (χ3n) is 10.7. The third kappa shape index (κ3) is 3.13. The average molecular weight is 575 g/mol. The van der Waals surface area contributed by atoms with Crippen LogP contribution in [0.2, 0.25) is 0 Å². The summed E-state index contributed by atoms with van der Waals surface area (Å²) < 4.78 is 6.51. The van der Waals surface area contributed by atoms with E-state index in [4.69, 9.17) is 4.74 Å². The predicted octanol–water partition coefficient (Wildman–Crippen LogP) is 11.3. The number of hydrogen-bond acceptors (Lipinski definition) is 1. The maximum Gasteiger partial charge on any atom is 0.132 e. The van der Waals surface area contributed by atoms with Crippen LogP contribution >= 0.6 is 0 Å². The first kappa shape index (κ1) is 25.0. The Morgan fingerprint density at radius 3 is 1.62 bits per heavy atom. The van der Waals surface area contributed by atoms with E-state index in [1.807, 2.05) is 0 Å². The fraction of sp³-hybridized carbons (Fsp3) is 0.0909. The normalized spacial score (nSPS) is 17.6. The molecule has 1 atom stereocenters. The van der Waals surface area contributed by atoms with Gasteiger partial charge in [0.2, 0.25) is 0 Å². The van der Waals surface area contributed by atoms with Crippen molar-refractivity contribution >= 4 is 10.8 Å². The van der Waals surface area contributed by atoms with Crippen molar-refractivity contribution in [3.05, 3.63) is 179 Å². The summed E-state index contributed by atoms with van der Waals surface area (Å²) in [6.07, 6.45) is 0. The quantitative estimate of drug-likeness (QED) is 0.189. The molecule has 0 amide bonds. The Morgan fingerprint density at radius 1 is 0.378 bits per heavy atom. The molecule has 1 heteroatoms. The molecule has 1 nitrogen and oxygen atoms in total. The standard InChI is InChI=1S/C44H30O/c1-43(2)38-17-9-10-18-41(38)45-42-26-30(20-22-39(42)43)29-19-21-37-33(24-29)31-13-5-7-15-35(31)44(37)36-16-8-6-14-32(36)34-23-27-11-3-4-12-28(27)25-40(34)44/h3-26H,1-2H3. The Morgan fingerprint density at radius 2 is 0.889 bits per heavy atom. The van der Waals surface area contributed by atoms with Gasteiger partial charge in [-0.2, -0.15) is 0 Å². The molecule has 1 spiro atoms. The van der Waals surface area contributed by atoms with Crippen molar-refractivity contribution in [3.8, 4) is 44.9 Å². The molecule has 0 N–H and O–H groups in total. The van der Waals surface area contributed by atoms with E-state index in [9.17, 15) is 0 Å². The van der Waals surface area contributed by atoms with Gasteiger partial charge in [-0.15, -0.1) is 0 Å². The molecule has 45 heavy (non-hydrogen) atoms. The molecule has 0 radical (unpaired) electrons. The minimum absolute atomic E-state index is 0.126. The first-order chi connectivity index (χ1) is 22.0. The summed E-state index contributed by atoms with van der Waals surface area (Å²) in [5, 5.41) is 2.56. The Kier molecular flexibility index (Phi) is 4.78. The van der Waals surface area contributed by atoms with Crippen molar-refractivity contribution < 1.29 is 4.74 Å². The molecule has 3 aliphatic rings. The van der Waals surface area contributed by atoms with Crippen molar-refractivity contribution in [2.75, 3.05) is 0 Å². The zero-order chi connectivity index (χ0) is 29.9. The maximum atomic E-state index is 6.51. The summed E-state index contributed by atoms with van der Waals surface area (Å²) >= 11 is 0. The van der Waals surface area contributed by atoms with Gasteiger partial charge in [0.05, 0.1) is 5.41 Å². The van der Waals surface area contributed by atoms with Crippen molar-refractivity contribution in [1.29, 1.82) is 0 Å². The maximum absolute atomic E-state index is 6.51. The fourth-order valence-electron chi connectivity index (χ4n) is 8.65. The summed E-state index contributed by atoms with van der Waals surface area (Å²) in [4.78, 5) is 0. The summed E-state index contributed by atoms with van der Waals surface area (Å²) in [6.45, 7) is 4.58. The minimum atomic E-state index is -0.354. The van der Waals surface area contributed by atoms with Crippen LogP contribution in [-0.4, -0.2) is 0 Å². The molecule has 7 aromatic carbocycles. The lowest BCUT2D eigenvalue weighted by atomic mass is 9.70. The van der Waals surface area contributed by atoms with Crippen LogP contribution in [0.15, 0.2) is 146 Å². The van der Waals surface area contributed by atoms with E-state index in [0.717, 1.165) is 11.5 Å². The van der Waals surface area contributed by atoms with E-state index >= 15 is 0 Å². The molecule has 7 aromatic rings.